The van der Waals surface area contributed by atoms with Gasteiger partial charge in [0.25, 0.3) is 0 Å². The molecule has 1 aliphatic heterocycles. The number of β-amino-alcohol motifs (C(OH)–C–C–N with tert-alkyl or cyclic N) is 1. The Bertz CT molecular complexity index is 236. The minimum Gasteiger partial charge on any atom is -0.390 e. The van der Waals surface area contributed by atoms with Gasteiger partial charge in [0.2, 0.25) is 0 Å². The highest BCUT2D eigenvalue weighted by Gasteiger charge is 2.21. The predicted molar refractivity (Wildman–Crippen MR) is 79.4 cm³/mol. The summed E-state index contributed by atoms with van der Waals surface area (Å²) >= 11 is 0. The van der Waals surface area contributed by atoms with Crippen molar-refractivity contribution in [1.29, 1.82) is 0 Å². The fourth-order valence-corrected chi connectivity index (χ4v) is 3.44. The number of nitrogens with one attached hydrogen (secondary N) is 1. The van der Waals surface area contributed by atoms with Crippen molar-refractivity contribution in [2.24, 2.45) is 0 Å². The Morgan fingerprint density at radius 1 is 1.16 bits per heavy atom. The van der Waals surface area contributed by atoms with Crippen LogP contribution < -0.4 is 5.32 Å². The quantitative estimate of drug-likeness (QED) is 0.778. The van der Waals surface area contributed by atoms with E-state index in [4.69, 9.17) is 0 Å². The van der Waals surface area contributed by atoms with Gasteiger partial charge in [-0.15, -0.1) is 0 Å². The summed E-state index contributed by atoms with van der Waals surface area (Å²) in [6, 6.07) is 0.703. The van der Waals surface area contributed by atoms with E-state index in [0.717, 1.165) is 39.3 Å². The first-order valence-electron chi connectivity index (χ1n) is 8.07. The fraction of sp³-hybridized carbons (Fsp3) is 1.00. The Balaban J connectivity index is 1.68. The zero-order chi connectivity index (χ0) is 13.5. The Labute approximate surface area is 118 Å². The molecule has 1 saturated carbocycles. The van der Waals surface area contributed by atoms with Gasteiger partial charge in [0.1, 0.15) is 0 Å². The number of rotatable bonds is 5. The van der Waals surface area contributed by atoms with Crippen molar-refractivity contribution in [1.82, 2.24) is 15.1 Å². The number of nitrogens with zero attached hydrogens (tertiary/aromatic N) is 2. The van der Waals surface area contributed by atoms with Crippen LogP contribution in [0, 0.1) is 0 Å². The van der Waals surface area contributed by atoms with Crippen LogP contribution in [-0.4, -0.2) is 73.4 Å². The first-order valence-corrected chi connectivity index (χ1v) is 8.07. The molecule has 2 rings (SSSR count). The molecule has 4 heteroatoms. The van der Waals surface area contributed by atoms with Crippen LogP contribution in [0.1, 0.15) is 38.5 Å². The molecule has 1 heterocycles. The summed E-state index contributed by atoms with van der Waals surface area (Å²) in [5, 5.41) is 13.7. The van der Waals surface area contributed by atoms with Crippen molar-refractivity contribution in [2.75, 3.05) is 46.3 Å². The van der Waals surface area contributed by atoms with Crippen LogP contribution >= 0.6 is 0 Å². The van der Waals surface area contributed by atoms with E-state index < -0.39 is 0 Å². The highest BCUT2D eigenvalue weighted by molar-refractivity contribution is 4.77. The molecule has 1 unspecified atom stereocenters. The van der Waals surface area contributed by atoms with Crippen molar-refractivity contribution in [2.45, 2.75) is 50.7 Å². The molecule has 2 N–H and O–H groups in total. The van der Waals surface area contributed by atoms with Crippen LogP contribution in [0.5, 0.6) is 0 Å². The molecule has 1 saturated heterocycles. The number of hydrogen-bond donors (Lipinski definition) is 2. The van der Waals surface area contributed by atoms with Crippen molar-refractivity contribution in [3.8, 4) is 0 Å². The molecule has 2 fully saturated rings. The van der Waals surface area contributed by atoms with E-state index in [1.54, 1.807) is 0 Å². The third kappa shape index (κ3) is 5.38. The summed E-state index contributed by atoms with van der Waals surface area (Å²) < 4.78 is 0. The number of likely N-dealkylation sites (N-methyl/N-ethyl adjacent to an activating group) is 1. The first kappa shape index (κ1) is 15.2. The second-order valence-electron chi connectivity index (χ2n) is 6.29. The average molecular weight is 269 g/mol. The van der Waals surface area contributed by atoms with Gasteiger partial charge in [-0.3, -0.25) is 4.90 Å². The molecule has 1 atom stereocenters. The maximum Gasteiger partial charge on any atom is 0.0793 e. The molecule has 0 bridgehead atoms. The molecule has 0 aromatic rings. The van der Waals surface area contributed by atoms with E-state index in [1.807, 2.05) is 0 Å². The maximum atomic E-state index is 10.3. The fourth-order valence-electron chi connectivity index (χ4n) is 3.44. The number of aliphatic hydroxyl groups excluding tert-OH is 1. The van der Waals surface area contributed by atoms with E-state index in [-0.39, 0.29) is 6.10 Å². The third-order valence-electron chi connectivity index (χ3n) is 4.60. The topological polar surface area (TPSA) is 38.7 Å². The summed E-state index contributed by atoms with van der Waals surface area (Å²) in [6.07, 6.45) is 7.75. The van der Waals surface area contributed by atoms with E-state index >= 15 is 0 Å². The number of hydrogen-bond acceptors (Lipinski definition) is 4. The van der Waals surface area contributed by atoms with Crippen LogP contribution in [0.3, 0.4) is 0 Å². The molecule has 19 heavy (non-hydrogen) atoms. The second kappa shape index (κ2) is 8.20. The highest BCUT2D eigenvalue weighted by Crippen LogP contribution is 2.21. The molecule has 0 amide bonds. The summed E-state index contributed by atoms with van der Waals surface area (Å²) in [6.45, 7) is 6.04. The van der Waals surface area contributed by atoms with Crippen LogP contribution in [-0.2, 0) is 0 Å². The van der Waals surface area contributed by atoms with Gasteiger partial charge in [-0.25, -0.2) is 0 Å². The summed E-state index contributed by atoms with van der Waals surface area (Å²) in [5.41, 5.74) is 0. The summed E-state index contributed by atoms with van der Waals surface area (Å²) in [7, 11) is 2.18. The smallest absolute Gasteiger partial charge is 0.0793 e. The predicted octanol–water partition coefficient (Wildman–Crippen LogP) is 0.907. The molecule has 0 aromatic carbocycles. The largest absolute Gasteiger partial charge is 0.390 e. The maximum absolute atomic E-state index is 10.3. The van der Waals surface area contributed by atoms with Crippen LogP contribution in [0.15, 0.2) is 0 Å². The standard InChI is InChI=1S/C15H31N3O/c1-17(14-6-3-2-4-7-14)12-15(19)13-18-10-5-8-16-9-11-18/h14-16,19H,2-13H2,1H3. The van der Waals surface area contributed by atoms with Gasteiger partial charge in [-0.2, -0.15) is 0 Å². The van der Waals surface area contributed by atoms with Gasteiger partial charge >= 0.3 is 0 Å². The SMILES string of the molecule is CN(CC(O)CN1CCCNCC1)C1CCCCC1. The van der Waals surface area contributed by atoms with Crippen molar-refractivity contribution < 1.29 is 5.11 Å². The molecule has 0 aromatic heterocycles. The Morgan fingerprint density at radius 2 is 1.95 bits per heavy atom. The van der Waals surface area contributed by atoms with Gasteiger partial charge in [0, 0.05) is 32.2 Å². The normalized spacial score (nSPS) is 25.4. The van der Waals surface area contributed by atoms with Gasteiger partial charge < -0.3 is 15.3 Å². The molecule has 1 aliphatic carbocycles. The lowest BCUT2D eigenvalue weighted by Gasteiger charge is -2.33. The van der Waals surface area contributed by atoms with E-state index in [1.165, 1.54) is 38.5 Å². The van der Waals surface area contributed by atoms with Gasteiger partial charge in [0.15, 0.2) is 0 Å². The highest BCUT2D eigenvalue weighted by atomic mass is 16.3. The monoisotopic (exact) mass is 269 g/mol. The molecular weight excluding hydrogens is 238 g/mol. The van der Waals surface area contributed by atoms with E-state index in [2.05, 4.69) is 22.2 Å². The third-order valence-corrected chi connectivity index (χ3v) is 4.60. The molecule has 0 spiro atoms. The Hall–Kier alpha value is -0.160. The second-order valence-corrected chi connectivity index (χ2v) is 6.29. The Kier molecular flexibility index (Phi) is 6.57. The lowest BCUT2D eigenvalue weighted by atomic mass is 9.94. The summed E-state index contributed by atoms with van der Waals surface area (Å²) in [4.78, 5) is 4.79. The molecule has 0 radical (unpaired) electrons. The molecule has 112 valence electrons. The number of aliphatic hydroxyl groups is 1. The van der Waals surface area contributed by atoms with Crippen LogP contribution in [0.4, 0.5) is 0 Å². The first-order chi connectivity index (χ1) is 9.25. The lowest BCUT2D eigenvalue weighted by Crippen LogP contribution is -2.44. The zero-order valence-corrected chi connectivity index (χ0v) is 12.5. The van der Waals surface area contributed by atoms with E-state index in [0.29, 0.717) is 6.04 Å². The van der Waals surface area contributed by atoms with Gasteiger partial charge in [-0.05, 0) is 39.4 Å². The van der Waals surface area contributed by atoms with Crippen molar-refractivity contribution >= 4 is 0 Å². The molecule has 4 nitrogen and oxygen atoms in total. The minimum absolute atomic E-state index is 0.204. The minimum atomic E-state index is -0.204. The van der Waals surface area contributed by atoms with E-state index in [9.17, 15) is 5.11 Å². The van der Waals surface area contributed by atoms with Gasteiger partial charge in [-0.1, -0.05) is 19.3 Å². The van der Waals surface area contributed by atoms with Crippen LogP contribution in [0.2, 0.25) is 0 Å². The lowest BCUT2D eigenvalue weighted by molar-refractivity contribution is 0.0628. The molecule has 2 aliphatic rings. The van der Waals surface area contributed by atoms with Crippen molar-refractivity contribution in [3.63, 3.8) is 0 Å². The average Bonchev–Trinajstić information content (AvgIpc) is 2.68. The zero-order valence-electron chi connectivity index (χ0n) is 12.5. The Morgan fingerprint density at radius 3 is 2.74 bits per heavy atom. The van der Waals surface area contributed by atoms with Crippen molar-refractivity contribution in [3.05, 3.63) is 0 Å². The molecular formula is C15H31N3O. The van der Waals surface area contributed by atoms with Crippen LogP contribution in [0.25, 0.3) is 0 Å². The summed E-state index contributed by atoms with van der Waals surface area (Å²) in [5.74, 6) is 0. The van der Waals surface area contributed by atoms with Gasteiger partial charge in [0.05, 0.1) is 6.10 Å².